The van der Waals surface area contributed by atoms with Crippen LogP contribution in [-0.2, 0) is 15.1 Å². The fourth-order valence-electron chi connectivity index (χ4n) is 4.61. The largest absolute Gasteiger partial charge is 0.454 e. The highest BCUT2D eigenvalue weighted by atomic mass is 16.7. The van der Waals surface area contributed by atoms with Crippen molar-refractivity contribution in [3.05, 3.63) is 95.1 Å². The molecule has 186 valence electrons. The molecule has 2 N–H and O–H groups in total. The molecule has 3 aromatic carbocycles. The maximum Gasteiger partial charge on any atom is 0.325 e. The number of hydrogen-bond donors (Lipinski definition) is 2. The molecule has 0 unspecified atom stereocenters. The number of nitrogens with one attached hydrogen (secondary N) is 1. The molecule has 3 atom stereocenters. The van der Waals surface area contributed by atoms with Crippen molar-refractivity contribution in [1.82, 2.24) is 10.2 Å². The fourth-order valence-corrected chi connectivity index (χ4v) is 4.61. The van der Waals surface area contributed by atoms with Gasteiger partial charge in [-0.1, -0.05) is 60.7 Å². The maximum absolute atomic E-state index is 13.3. The molecule has 2 aliphatic rings. The van der Waals surface area contributed by atoms with Crippen LogP contribution in [0.4, 0.5) is 4.79 Å². The molecule has 8 nitrogen and oxygen atoms in total. The molecule has 2 aliphatic heterocycles. The van der Waals surface area contributed by atoms with E-state index in [2.05, 4.69) is 5.32 Å². The monoisotopic (exact) mass is 488 g/mol. The number of imide groups is 1. The third kappa shape index (κ3) is 4.41. The number of hydrogen-bond acceptors (Lipinski definition) is 6. The van der Waals surface area contributed by atoms with E-state index in [1.165, 1.54) is 0 Å². The molecule has 1 fully saturated rings. The number of urea groups is 1. The van der Waals surface area contributed by atoms with Gasteiger partial charge in [-0.25, -0.2) is 4.79 Å². The van der Waals surface area contributed by atoms with Gasteiger partial charge in [0.05, 0.1) is 19.3 Å². The van der Waals surface area contributed by atoms with Crippen molar-refractivity contribution >= 4 is 11.9 Å². The topological polar surface area (TPSA) is 97.3 Å². The second kappa shape index (κ2) is 9.64. The molecule has 36 heavy (non-hydrogen) atoms. The summed E-state index contributed by atoms with van der Waals surface area (Å²) in [7, 11) is 0. The van der Waals surface area contributed by atoms with E-state index in [0.717, 1.165) is 21.6 Å². The standard InChI is InChI=1S/C28H28N2O6/c1-18-8-6-7-11-22(18)25(19-9-4-3-5-10-19)34-16-21(31)15-30-26(32)28(2,29-27(30)33)20-12-13-23-24(14-20)36-17-35-23/h3-14,21,25,31H,15-17H2,1-2H3,(H,29,33)/t21-,25+,28+/m0/s1. The molecular formula is C28H28N2O6. The number of nitrogens with zero attached hydrogens (tertiary/aromatic N) is 1. The Kier molecular flexibility index (Phi) is 6.38. The normalized spacial score (nSPS) is 20.4. The van der Waals surface area contributed by atoms with Gasteiger partial charge in [0.1, 0.15) is 11.6 Å². The lowest BCUT2D eigenvalue weighted by Gasteiger charge is -2.25. The molecule has 1 saturated heterocycles. The van der Waals surface area contributed by atoms with E-state index in [1.807, 2.05) is 61.5 Å². The van der Waals surface area contributed by atoms with Crippen molar-refractivity contribution in [2.75, 3.05) is 19.9 Å². The Bertz CT molecular complexity index is 1280. The molecule has 8 heteroatoms. The quantitative estimate of drug-likeness (QED) is 0.470. The van der Waals surface area contributed by atoms with E-state index in [9.17, 15) is 14.7 Å². The minimum atomic E-state index is -1.29. The first-order chi connectivity index (χ1) is 17.4. The number of benzene rings is 3. The van der Waals surface area contributed by atoms with Crippen molar-refractivity contribution < 1.29 is 28.9 Å². The summed E-state index contributed by atoms with van der Waals surface area (Å²) >= 11 is 0. The van der Waals surface area contributed by atoms with Crippen LogP contribution < -0.4 is 14.8 Å². The number of carbonyl (C=O) groups excluding carboxylic acids is 2. The number of carbonyl (C=O) groups is 2. The van der Waals surface area contributed by atoms with Gasteiger partial charge in [-0.2, -0.15) is 0 Å². The predicted octanol–water partition coefficient (Wildman–Crippen LogP) is 3.66. The minimum Gasteiger partial charge on any atom is -0.454 e. The Morgan fingerprint density at radius 1 is 1.03 bits per heavy atom. The lowest BCUT2D eigenvalue weighted by Crippen LogP contribution is -2.42. The highest BCUT2D eigenvalue weighted by Crippen LogP contribution is 2.38. The van der Waals surface area contributed by atoms with Gasteiger partial charge in [-0.15, -0.1) is 0 Å². The van der Waals surface area contributed by atoms with Gasteiger partial charge >= 0.3 is 6.03 Å². The van der Waals surface area contributed by atoms with E-state index in [1.54, 1.807) is 25.1 Å². The first kappa shape index (κ1) is 23.8. The minimum absolute atomic E-state index is 0.0638. The number of aryl methyl sites for hydroxylation is 1. The van der Waals surface area contributed by atoms with Gasteiger partial charge in [0, 0.05) is 0 Å². The number of fused-ring (bicyclic) bond motifs is 1. The Labute approximate surface area is 209 Å². The molecule has 0 aliphatic carbocycles. The number of rotatable bonds is 8. The van der Waals surface area contributed by atoms with Crippen LogP contribution >= 0.6 is 0 Å². The molecule has 0 radical (unpaired) electrons. The Morgan fingerprint density at radius 3 is 2.53 bits per heavy atom. The van der Waals surface area contributed by atoms with E-state index in [0.29, 0.717) is 17.1 Å². The highest BCUT2D eigenvalue weighted by Gasteiger charge is 2.49. The van der Waals surface area contributed by atoms with Crippen molar-refractivity contribution in [2.24, 2.45) is 0 Å². The summed E-state index contributed by atoms with van der Waals surface area (Å²) in [5.74, 6) is 0.653. The second-order valence-corrected chi connectivity index (χ2v) is 9.17. The van der Waals surface area contributed by atoms with Gasteiger partial charge < -0.3 is 24.6 Å². The first-order valence-electron chi connectivity index (χ1n) is 11.8. The zero-order valence-corrected chi connectivity index (χ0v) is 20.1. The predicted molar refractivity (Wildman–Crippen MR) is 132 cm³/mol. The summed E-state index contributed by atoms with van der Waals surface area (Å²) < 4.78 is 16.9. The van der Waals surface area contributed by atoms with Crippen LogP contribution in [0, 0.1) is 6.92 Å². The summed E-state index contributed by atoms with van der Waals surface area (Å²) in [6, 6.07) is 22.2. The van der Waals surface area contributed by atoms with Crippen LogP contribution in [0.1, 0.15) is 35.3 Å². The summed E-state index contributed by atoms with van der Waals surface area (Å²) in [6.07, 6.45) is -1.47. The van der Waals surface area contributed by atoms with E-state index in [-0.39, 0.29) is 19.9 Å². The lowest BCUT2D eigenvalue weighted by atomic mass is 9.91. The van der Waals surface area contributed by atoms with Crippen LogP contribution in [0.15, 0.2) is 72.8 Å². The second-order valence-electron chi connectivity index (χ2n) is 9.17. The zero-order chi connectivity index (χ0) is 25.3. The summed E-state index contributed by atoms with van der Waals surface area (Å²) in [5.41, 5.74) is 2.29. The van der Waals surface area contributed by atoms with Crippen LogP contribution in [0.3, 0.4) is 0 Å². The Morgan fingerprint density at radius 2 is 1.75 bits per heavy atom. The molecule has 0 saturated carbocycles. The smallest absolute Gasteiger partial charge is 0.325 e. The van der Waals surface area contributed by atoms with Gasteiger partial charge in [-0.05, 0) is 48.2 Å². The van der Waals surface area contributed by atoms with E-state index in [4.69, 9.17) is 14.2 Å². The SMILES string of the molecule is Cc1ccccc1[C@H](OC[C@@H](O)CN1C(=O)N[C@](C)(c2ccc3c(c2)OCO3)C1=O)c1ccccc1. The summed E-state index contributed by atoms with van der Waals surface area (Å²) in [4.78, 5) is 27.1. The molecule has 0 spiro atoms. The van der Waals surface area contributed by atoms with Crippen molar-refractivity contribution in [2.45, 2.75) is 31.6 Å². The van der Waals surface area contributed by atoms with E-state index >= 15 is 0 Å². The Hall–Kier alpha value is -3.88. The van der Waals surface area contributed by atoms with Gasteiger partial charge in [0.25, 0.3) is 5.91 Å². The number of aliphatic hydroxyl groups is 1. The molecular weight excluding hydrogens is 460 g/mol. The maximum atomic E-state index is 13.3. The van der Waals surface area contributed by atoms with Crippen molar-refractivity contribution in [1.29, 1.82) is 0 Å². The third-order valence-electron chi connectivity index (χ3n) is 6.65. The highest BCUT2D eigenvalue weighted by molar-refractivity contribution is 6.07. The van der Waals surface area contributed by atoms with Gasteiger partial charge in [-0.3, -0.25) is 9.69 Å². The van der Waals surface area contributed by atoms with Crippen molar-refractivity contribution in [3.8, 4) is 11.5 Å². The molecule has 3 amide bonds. The fraction of sp³-hybridized carbons (Fsp3) is 0.286. The number of β-amino-alcohol motifs (C(OH)–C–C–N with tert-alkyl or cyclic N) is 1. The van der Waals surface area contributed by atoms with Crippen molar-refractivity contribution in [3.63, 3.8) is 0 Å². The van der Waals surface area contributed by atoms with Gasteiger partial charge in [0.2, 0.25) is 6.79 Å². The van der Waals surface area contributed by atoms with Crippen LogP contribution in [0.25, 0.3) is 0 Å². The average molecular weight is 489 g/mol. The molecule has 3 aromatic rings. The number of ether oxygens (including phenoxy) is 3. The molecule has 5 rings (SSSR count). The Balaban J connectivity index is 1.29. The van der Waals surface area contributed by atoms with Gasteiger partial charge in [0.15, 0.2) is 11.5 Å². The molecule has 2 heterocycles. The van der Waals surface area contributed by atoms with E-state index < -0.39 is 29.7 Å². The lowest BCUT2D eigenvalue weighted by molar-refractivity contribution is -0.132. The molecule has 0 bridgehead atoms. The summed E-state index contributed by atoms with van der Waals surface area (Å²) in [6.45, 7) is 3.50. The number of amides is 3. The van der Waals surface area contributed by atoms with Crippen LogP contribution in [0.2, 0.25) is 0 Å². The summed E-state index contributed by atoms with van der Waals surface area (Å²) in [5, 5.41) is 13.5. The third-order valence-corrected chi connectivity index (χ3v) is 6.65. The number of aliphatic hydroxyl groups excluding tert-OH is 1. The first-order valence-corrected chi connectivity index (χ1v) is 11.8. The van der Waals surface area contributed by atoms with Crippen LogP contribution in [-0.4, -0.2) is 48.0 Å². The molecule has 0 aromatic heterocycles. The zero-order valence-electron chi connectivity index (χ0n) is 20.1. The van der Waals surface area contributed by atoms with Crippen LogP contribution in [0.5, 0.6) is 11.5 Å². The average Bonchev–Trinajstić information content (AvgIpc) is 3.44.